The van der Waals surface area contributed by atoms with Gasteiger partial charge >= 0.3 is 5.97 Å². The van der Waals surface area contributed by atoms with Crippen molar-refractivity contribution < 1.29 is 23.9 Å². The fourth-order valence-corrected chi connectivity index (χ4v) is 3.58. The van der Waals surface area contributed by atoms with Gasteiger partial charge in [0.1, 0.15) is 5.75 Å². The largest absolute Gasteiger partial charge is 0.477 e. The zero-order valence-corrected chi connectivity index (χ0v) is 16.1. The summed E-state index contributed by atoms with van der Waals surface area (Å²) >= 11 is 0. The molecule has 7 heteroatoms. The summed E-state index contributed by atoms with van der Waals surface area (Å²) in [6, 6.07) is 14.2. The average molecular weight is 394 g/mol. The van der Waals surface area contributed by atoms with Gasteiger partial charge in [-0.05, 0) is 30.2 Å². The molecule has 7 nitrogen and oxygen atoms in total. The van der Waals surface area contributed by atoms with Crippen LogP contribution in [0.5, 0.6) is 5.75 Å². The predicted molar refractivity (Wildman–Crippen MR) is 106 cm³/mol. The Morgan fingerprint density at radius 2 is 1.83 bits per heavy atom. The molecule has 0 fully saturated rings. The zero-order valence-electron chi connectivity index (χ0n) is 16.1. The van der Waals surface area contributed by atoms with Crippen LogP contribution in [-0.4, -0.2) is 43.1 Å². The minimum absolute atomic E-state index is 0.0566. The number of para-hydroxylation sites is 2. The third-order valence-electron chi connectivity index (χ3n) is 5.05. The Morgan fingerprint density at radius 3 is 2.66 bits per heavy atom. The number of carbonyl (C=O) groups is 3. The number of esters is 1. The summed E-state index contributed by atoms with van der Waals surface area (Å²) in [5.74, 6) is -0.697. The minimum Gasteiger partial charge on any atom is -0.477 e. The number of cyclic esters (lactones) is 1. The highest BCUT2D eigenvalue weighted by molar-refractivity contribution is 6.03. The van der Waals surface area contributed by atoms with Gasteiger partial charge in [-0.1, -0.05) is 37.3 Å². The molecule has 2 aliphatic heterocycles. The summed E-state index contributed by atoms with van der Waals surface area (Å²) in [4.78, 5) is 39.6. The van der Waals surface area contributed by atoms with E-state index in [0.29, 0.717) is 30.0 Å². The molecule has 1 N–H and O–H groups in total. The number of hydrogen-bond acceptors (Lipinski definition) is 5. The van der Waals surface area contributed by atoms with Crippen LogP contribution >= 0.6 is 0 Å². The Kier molecular flexibility index (Phi) is 5.20. The Bertz CT molecular complexity index is 958. The van der Waals surface area contributed by atoms with E-state index in [1.807, 2.05) is 19.1 Å². The van der Waals surface area contributed by atoms with Crippen molar-refractivity contribution in [1.82, 2.24) is 5.32 Å². The lowest BCUT2D eigenvalue weighted by Crippen LogP contribution is -2.54. The van der Waals surface area contributed by atoms with Crippen molar-refractivity contribution in [3.8, 4) is 5.75 Å². The van der Waals surface area contributed by atoms with Gasteiger partial charge in [-0.3, -0.25) is 9.59 Å². The van der Waals surface area contributed by atoms with Crippen LogP contribution in [0.4, 0.5) is 5.69 Å². The number of carbonyl (C=O) groups excluding carboxylic acids is 3. The van der Waals surface area contributed by atoms with Gasteiger partial charge in [0.05, 0.1) is 17.8 Å². The molecule has 2 aromatic rings. The highest BCUT2D eigenvalue weighted by atomic mass is 16.5. The quantitative estimate of drug-likeness (QED) is 0.803. The minimum atomic E-state index is -0.942. The Morgan fingerprint density at radius 1 is 1.07 bits per heavy atom. The van der Waals surface area contributed by atoms with Gasteiger partial charge in [0.25, 0.3) is 11.8 Å². The van der Waals surface area contributed by atoms with E-state index < -0.39 is 18.2 Å². The Hall–Kier alpha value is -3.35. The van der Waals surface area contributed by atoms with Crippen LogP contribution < -0.4 is 15.0 Å². The molecule has 4 rings (SSSR count). The maximum absolute atomic E-state index is 13.3. The first-order valence-electron chi connectivity index (χ1n) is 9.72. The van der Waals surface area contributed by atoms with Crippen LogP contribution in [0.3, 0.4) is 0 Å². The van der Waals surface area contributed by atoms with Crippen molar-refractivity contribution >= 4 is 23.5 Å². The SMILES string of the molecule is CCCNC(=O)[C@H]1CN(C(=O)[C@H]2Cc3ccccc3C(=O)O2)c2ccccc2O1. The van der Waals surface area contributed by atoms with Gasteiger partial charge in [0.15, 0.2) is 12.2 Å². The molecule has 2 atom stereocenters. The Balaban J connectivity index is 1.60. The lowest BCUT2D eigenvalue weighted by molar-refractivity contribution is -0.130. The van der Waals surface area contributed by atoms with Gasteiger partial charge in [-0.15, -0.1) is 0 Å². The molecule has 0 radical (unpaired) electrons. The van der Waals surface area contributed by atoms with E-state index >= 15 is 0 Å². The van der Waals surface area contributed by atoms with E-state index in [1.54, 1.807) is 36.4 Å². The van der Waals surface area contributed by atoms with E-state index in [-0.39, 0.29) is 18.4 Å². The smallest absolute Gasteiger partial charge is 0.339 e. The highest BCUT2D eigenvalue weighted by Gasteiger charge is 2.39. The normalized spacial score (nSPS) is 20.0. The molecular weight excluding hydrogens is 372 g/mol. The van der Waals surface area contributed by atoms with E-state index in [0.717, 1.165) is 12.0 Å². The second-order valence-corrected chi connectivity index (χ2v) is 7.07. The van der Waals surface area contributed by atoms with Crippen LogP contribution in [0.25, 0.3) is 0 Å². The topological polar surface area (TPSA) is 84.9 Å². The number of nitrogens with one attached hydrogen (secondary N) is 1. The second kappa shape index (κ2) is 7.95. The highest BCUT2D eigenvalue weighted by Crippen LogP contribution is 2.34. The van der Waals surface area contributed by atoms with Crippen molar-refractivity contribution in [1.29, 1.82) is 0 Å². The maximum Gasteiger partial charge on any atom is 0.339 e. The van der Waals surface area contributed by atoms with Gasteiger partial charge in [-0.25, -0.2) is 4.79 Å². The molecule has 0 spiro atoms. The molecule has 0 bridgehead atoms. The molecule has 0 saturated heterocycles. The molecule has 0 aliphatic carbocycles. The van der Waals surface area contributed by atoms with Crippen molar-refractivity contribution in [3.05, 3.63) is 59.7 Å². The summed E-state index contributed by atoms with van der Waals surface area (Å²) in [6.45, 7) is 2.55. The van der Waals surface area contributed by atoms with E-state index in [1.165, 1.54) is 4.90 Å². The standard InChI is InChI=1S/C22H22N2O5/c1-2-11-23-20(25)19-13-24(16-9-5-6-10-17(16)28-19)21(26)18-12-14-7-3-4-8-15(14)22(27)29-18/h3-10,18-19H,2,11-13H2,1H3,(H,23,25)/t18-,19-/m1/s1. The number of amides is 2. The van der Waals surface area contributed by atoms with Gasteiger partial charge in [-0.2, -0.15) is 0 Å². The third kappa shape index (κ3) is 3.68. The first-order valence-corrected chi connectivity index (χ1v) is 9.72. The van der Waals surface area contributed by atoms with Gasteiger partial charge < -0.3 is 19.7 Å². The molecule has 2 aliphatic rings. The van der Waals surface area contributed by atoms with Gasteiger partial charge in [0, 0.05) is 13.0 Å². The molecular formula is C22H22N2O5. The zero-order chi connectivity index (χ0) is 20.4. The number of hydrogen-bond donors (Lipinski definition) is 1. The second-order valence-electron chi connectivity index (χ2n) is 7.07. The summed E-state index contributed by atoms with van der Waals surface area (Å²) in [5, 5.41) is 2.80. The first-order chi connectivity index (χ1) is 14.1. The van der Waals surface area contributed by atoms with Crippen molar-refractivity contribution in [3.63, 3.8) is 0 Å². The van der Waals surface area contributed by atoms with Crippen LogP contribution in [0.2, 0.25) is 0 Å². The monoisotopic (exact) mass is 394 g/mol. The van der Waals surface area contributed by atoms with Crippen LogP contribution in [0.15, 0.2) is 48.5 Å². The molecule has 150 valence electrons. The van der Waals surface area contributed by atoms with Crippen molar-refractivity contribution in [2.45, 2.75) is 32.0 Å². The number of fused-ring (bicyclic) bond motifs is 2. The molecule has 29 heavy (non-hydrogen) atoms. The number of benzene rings is 2. The number of nitrogens with zero attached hydrogens (tertiary/aromatic N) is 1. The number of ether oxygens (including phenoxy) is 2. The van der Waals surface area contributed by atoms with Crippen LogP contribution in [0.1, 0.15) is 29.3 Å². The first kappa shape index (κ1) is 19.0. The maximum atomic E-state index is 13.3. The summed E-state index contributed by atoms with van der Waals surface area (Å²) in [6.07, 6.45) is -0.669. The molecule has 2 amide bonds. The molecule has 0 unspecified atom stereocenters. The van der Waals surface area contributed by atoms with Gasteiger partial charge in [0.2, 0.25) is 0 Å². The van der Waals surface area contributed by atoms with E-state index in [4.69, 9.17) is 9.47 Å². The van der Waals surface area contributed by atoms with E-state index in [9.17, 15) is 14.4 Å². The van der Waals surface area contributed by atoms with Crippen molar-refractivity contribution in [2.24, 2.45) is 0 Å². The number of anilines is 1. The predicted octanol–water partition coefficient (Wildman–Crippen LogP) is 2.09. The number of rotatable bonds is 4. The molecule has 0 aromatic heterocycles. The summed E-state index contributed by atoms with van der Waals surface area (Å²) in [7, 11) is 0. The third-order valence-corrected chi connectivity index (χ3v) is 5.05. The lowest BCUT2D eigenvalue weighted by atomic mass is 9.97. The summed E-state index contributed by atoms with van der Waals surface area (Å²) < 4.78 is 11.3. The van der Waals surface area contributed by atoms with Crippen LogP contribution in [-0.2, 0) is 20.7 Å². The van der Waals surface area contributed by atoms with Crippen molar-refractivity contribution in [2.75, 3.05) is 18.0 Å². The Labute approximate surface area is 168 Å². The fourth-order valence-electron chi connectivity index (χ4n) is 3.58. The molecule has 2 heterocycles. The lowest BCUT2D eigenvalue weighted by Gasteiger charge is -2.36. The van der Waals surface area contributed by atoms with E-state index in [2.05, 4.69) is 5.32 Å². The average Bonchev–Trinajstić information content (AvgIpc) is 2.76. The van der Waals surface area contributed by atoms with Crippen LogP contribution in [0, 0.1) is 0 Å². The fraction of sp³-hybridized carbons (Fsp3) is 0.318. The molecule has 2 aromatic carbocycles. The molecule has 0 saturated carbocycles. The summed E-state index contributed by atoms with van der Waals surface area (Å²) in [5.41, 5.74) is 1.82.